The number of hydrogen-bond donors (Lipinski definition) is 2. The van der Waals surface area contributed by atoms with Crippen LogP contribution in [0.25, 0.3) is 0 Å². The van der Waals surface area contributed by atoms with E-state index in [9.17, 15) is 0 Å². The lowest BCUT2D eigenvalue weighted by atomic mass is 9.95. The molecule has 1 aliphatic carbocycles. The molecule has 0 spiro atoms. The van der Waals surface area contributed by atoms with Crippen molar-refractivity contribution in [1.82, 2.24) is 10.6 Å². The van der Waals surface area contributed by atoms with E-state index in [-0.39, 0.29) is 0 Å². The van der Waals surface area contributed by atoms with Gasteiger partial charge in [0.15, 0.2) is 0 Å². The van der Waals surface area contributed by atoms with E-state index in [0.717, 1.165) is 32.1 Å². The van der Waals surface area contributed by atoms with E-state index in [0.29, 0.717) is 0 Å². The zero-order valence-corrected chi connectivity index (χ0v) is 11.3. The summed E-state index contributed by atoms with van der Waals surface area (Å²) in [6, 6.07) is 11.5. The van der Waals surface area contributed by atoms with E-state index in [1.165, 1.54) is 37.7 Å². The van der Waals surface area contributed by atoms with Crippen LogP contribution in [-0.4, -0.2) is 25.7 Å². The molecule has 100 valence electrons. The molecule has 0 aliphatic heterocycles. The van der Waals surface area contributed by atoms with Gasteiger partial charge in [0.05, 0.1) is 0 Å². The van der Waals surface area contributed by atoms with Gasteiger partial charge in [-0.3, -0.25) is 0 Å². The van der Waals surface area contributed by atoms with Gasteiger partial charge >= 0.3 is 0 Å². The van der Waals surface area contributed by atoms with Gasteiger partial charge in [-0.1, -0.05) is 49.6 Å². The van der Waals surface area contributed by atoms with Crippen LogP contribution in [0.15, 0.2) is 30.3 Å². The van der Waals surface area contributed by atoms with Crippen LogP contribution in [0.2, 0.25) is 0 Å². The Morgan fingerprint density at radius 2 is 1.67 bits per heavy atom. The fourth-order valence-corrected chi connectivity index (χ4v) is 2.67. The van der Waals surface area contributed by atoms with E-state index in [1.807, 2.05) is 0 Å². The summed E-state index contributed by atoms with van der Waals surface area (Å²) in [6.45, 7) is 3.28. The van der Waals surface area contributed by atoms with Crippen LogP contribution in [0.1, 0.15) is 37.7 Å². The molecule has 2 rings (SSSR count). The van der Waals surface area contributed by atoms with Gasteiger partial charge < -0.3 is 10.6 Å². The minimum absolute atomic E-state index is 0.787. The average Bonchev–Trinajstić information content (AvgIpc) is 2.45. The lowest BCUT2D eigenvalue weighted by Crippen LogP contribution is -2.36. The summed E-state index contributed by atoms with van der Waals surface area (Å²) >= 11 is 0. The largest absolute Gasteiger partial charge is 0.315 e. The Hall–Kier alpha value is -0.860. The molecule has 0 aromatic heterocycles. The normalized spacial score (nSPS) is 16.9. The first-order chi connectivity index (χ1) is 8.95. The summed E-state index contributed by atoms with van der Waals surface area (Å²) in [6.07, 6.45) is 8.16. The molecule has 0 amide bonds. The number of nitrogens with one attached hydrogen (secondary N) is 2. The zero-order valence-electron chi connectivity index (χ0n) is 11.3. The maximum absolute atomic E-state index is 3.66. The highest BCUT2D eigenvalue weighted by molar-refractivity contribution is 5.14. The summed E-state index contributed by atoms with van der Waals surface area (Å²) in [7, 11) is 0. The fraction of sp³-hybridized carbons (Fsp3) is 0.625. The van der Waals surface area contributed by atoms with Crippen molar-refractivity contribution in [2.75, 3.05) is 19.6 Å². The Morgan fingerprint density at radius 3 is 2.44 bits per heavy atom. The van der Waals surface area contributed by atoms with E-state index in [4.69, 9.17) is 0 Å². The van der Waals surface area contributed by atoms with Crippen LogP contribution in [0.3, 0.4) is 0 Å². The SMILES string of the molecule is c1ccc(CCNCCNC2CCCCC2)cc1. The minimum Gasteiger partial charge on any atom is -0.315 e. The lowest BCUT2D eigenvalue weighted by Gasteiger charge is -2.22. The number of benzene rings is 1. The van der Waals surface area contributed by atoms with Crippen LogP contribution >= 0.6 is 0 Å². The van der Waals surface area contributed by atoms with E-state index >= 15 is 0 Å². The molecule has 0 saturated heterocycles. The summed E-state index contributed by atoms with van der Waals surface area (Å²) in [5.41, 5.74) is 1.42. The molecule has 0 bridgehead atoms. The third kappa shape index (κ3) is 5.19. The van der Waals surface area contributed by atoms with Gasteiger partial charge in [-0.05, 0) is 31.4 Å². The molecule has 1 aromatic carbocycles. The first kappa shape index (κ1) is 13.6. The molecule has 1 saturated carbocycles. The molecule has 0 radical (unpaired) electrons. The Morgan fingerprint density at radius 1 is 0.889 bits per heavy atom. The Balaban J connectivity index is 1.46. The van der Waals surface area contributed by atoms with Crippen molar-refractivity contribution in [3.63, 3.8) is 0 Å². The summed E-state index contributed by atoms with van der Waals surface area (Å²) in [5.74, 6) is 0. The van der Waals surface area contributed by atoms with Gasteiger partial charge in [0.1, 0.15) is 0 Å². The van der Waals surface area contributed by atoms with Crippen LogP contribution in [-0.2, 0) is 6.42 Å². The molecule has 0 atom stereocenters. The molecular formula is C16H26N2. The van der Waals surface area contributed by atoms with Crippen molar-refractivity contribution in [2.45, 2.75) is 44.6 Å². The summed E-state index contributed by atoms with van der Waals surface area (Å²) in [5, 5.41) is 7.17. The maximum atomic E-state index is 3.66. The van der Waals surface area contributed by atoms with Crippen molar-refractivity contribution >= 4 is 0 Å². The van der Waals surface area contributed by atoms with Crippen LogP contribution in [0.4, 0.5) is 0 Å². The Bertz CT molecular complexity index is 304. The second kappa shape index (κ2) is 8.28. The first-order valence-electron chi connectivity index (χ1n) is 7.43. The number of hydrogen-bond acceptors (Lipinski definition) is 2. The molecule has 1 aromatic rings. The monoisotopic (exact) mass is 246 g/mol. The second-order valence-electron chi connectivity index (χ2n) is 5.27. The third-order valence-electron chi connectivity index (χ3n) is 3.77. The van der Waals surface area contributed by atoms with Gasteiger partial charge in [-0.25, -0.2) is 0 Å². The van der Waals surface area contributed by atoms with Crippen molar-refractivity contribution in [2.24, 2.45) is 0 Å². The van der Waals surface area contributed by atoms with E-state index in [1.54, 1.807) is 0 Å². The molecule has 2 nitrogen and oxygen atoms in total. The molecule has 0 unspecified atom stereocenters. The Labute approximate surface area is 111 Å². The molecule has 1 fully saturated rings. The van der Waals surface area contributed by atoms with E-state index < -0.39 is 0 Å². The average molecular weight is 246 g/mol. The summed E-state index contributed by atoms with van der Waals surface area (Å²) in [4.78, 5) is 0. The fourth-order valence-electron chi connectivity index (χ4n) is 2.67. The van der Waals surface area contributed by atoms with Gasteiger partial charge in [0, 0.05) is 19.1 Å². The van der Waals surface area contributed by atoms with Crippen molar-refractivity contribution < 1.29 is 0 Å². The lowest BCUT2D eigenvalue weighted by molar-refractivity contribution is 0.373. The predicted molar refractivity (Wildman–Crippen MR) is 77.9 cm³/mol. The Kier molecular flexibility index (Phi) is 6.24. The third-order valence-corrected chi connectivity index (χ3v) is 3.77. The highest BCUT2D eigenvalue weighted by Gasteiger charge is 2.11. The van der Waals surface area contributed by atoms with Gasteiger partial charge in [-0.2, -0.15) is 0 Å². The van der Waals surface area contributed by atoms with Crippen LogP contribution in [0, 0.1) is 0 Å². The quantitative estimate of drug-likeness (QED) is 0.723. The molecule has 0 heterocycles. The van der Waals surface area contributed by atoms with Crippen molar-refractivity contribution in [3.8, 4) is 0 Å². The van der Waals surface area contributed by atoms with Crippen LogP contribution < -0.4 is 10.6 Å². The maximum Gasteiger partial charge on any atom is 0.00793 e. The second-order valence-corrected chi connectivity index (χ2v) is 5.27. The molecular weight excluding hydrogens is 220 g/mol. The van der Waals surface area contributed by atoms with Gasteiger partial charge in [0.25, 0.3) is 0 Å². The smallest absolute Gasteiger partial charge is 0.00793 e. The molecule has 18 heavy (non-hydrogen) atoms. The van der Waals surface area contributed by atoms with Crippen molar-refractivity contribution in [1.29, 1.82) is 0 Å². The van der Waals surface area contributed by atoms with Crippen molar-refractivity contribution in [3.05, 3.63) is 35.9 Å². The van der Waals surface area contributed by atoms with Crippen LogP contribution in [0.5, 0.6) is 0 Å². The molecule has 2 N–H and O–H groups in total. The number of rotatable bonds is 7. The van der Waals surface area contributed by atoms with Gasteiger partial charge in [-0.15, -0.1) is 0 Å². The standard InChI is InChI=1S/C16H26N2/c1-3-7-15(8-4-1)11-12-17-13-14-18-16-9-5-2-6-10-16/h1,3-4,7-8,16-18H,2,5-6,9-14H2. The topological polar surface area (TPSA) is 24.1 Å². The van der Waals surface area contributed by atoms with Gasteiger partial charge in [0.2, 0.25) is 0 Å². The van der Waals surface area contributed by atoms with E-state index in [2.05, 4.69) is 41.0 Å². The predicted octanol–water partition coefficient (Wildman–Crippen LogP) is 2.74. The zero-order chi connectivity index (χ0) is 12.5. The molecule has 2 heteroatoms. The highest BCUT2D eigenvalue weighted by Crippen LogP contribution is 2.16. The minimum atomic E-state index is 0.787. The first-order valence-corrected chi connectivity index (χ1v) is 7.43. The molecule has 1 aliphatic rings. The highest BCUT2D eigenvalue weighted by atomic mass is 15.0. The summed E-state index contributed by atoms with van der Waals surface area (Å²) < 4.78 is 0.